The average molecular weight is 458 g/mol. The monoisotopic (exact) mass is 457 g/mol. The largest absolute Gasteiger partial charge is 0.504 e. The summed E-state index contributed by atoms with van der Waals surface area (Å²) in [7, 11) is 1.51. The van der Waals surface area contributed by atoms with Crippen molar-refractivity contribution in [3.05, 3.63) is 72.4 Å². The van der Waals surface area contributed by atoms with Crippen LogP contribution in [0.1, 0.15) is 76.7 Å². The van der Waals surface area contributed by atoms with Gasteiger partial charge in [-0.15, -0.1) is 0 Å². The number of aliphatic carboxylic acids is 1. The van der Waals surface area contributed by atoms with Crippen LogP contribution in [0.2, 0.25) is 0 Å². The minimum Gasteiger partial charge on any atom is -0.504 e. The normalized spacial score (nSPS) is 11.5. The van der Waals surface area contributed by atoms with Crippen LogP contribution < -0.4 is 10.5 Å². The summed E-state index contributed by atoms with van der Waals surface area (Å²) in [4.78, 5) is 10.3. The third kappa shape index (κ3) is 19.6. The SMILES string of the molecule is CCCCC/C=C\C/C=C\C/C=C\C/C=C\CCCC(=O)O.COc1cc(CN)ccc1O. The molecular weight excluding hydrogens is 414 g/mol. The third-order valence-electron chi connectivity index (χ3n) is 4.70. The van der Waals surface area contributed by atoms with Gasteiger partial charge in [0.1, 0.15) is 0 Å². The number of carbonyl (C=O) groups is 1. The number of carboxylic acid groups (broad SMARTS) is 1. The summed E-state index contributed by atoms with van der Waals surface area (Å²) >= 11 is 0. The molecule has 5 heteroatoms. The van der Waals surface area contributed by atoms with E-state index in [9.17, 15) is 4.79 Å². The van der Waals surface area contributed by atoms with E-state index in [0.29, 0.717) is 12.3 Å². The third-order valence-corrected chi connectivity index (χ3v) is 4.70. The molecule has 0 unspecified atom stereocenters. The molecule has 0 aliphatic carbocycles. The Morgan fingerprint density at radius 1 is 0.909 bits per heavy atom. The van der Waals surface area contributed by atoms with Gasteiger partial charge in [0.15, 0.2) is 11.5 Å². The molecule has 0 aromatic heterocycles. The number of rotatable bonds is 16. The fraction of sp³-hybridized carbons (Fsp3) is 0.464. The van der Waals surface area contributed by atoms with Gasteiger partial charge >= 0.3 is 5.97 Å². The zero-order valence-electron chi connectivity index (χ0n) is 20.4. The number of hydrogen-bond donors (Lipinski definition) is 3. The summed E-state index contributed by atoms with van der Waals surface area (Å²) in [5, 5.41) is 17.7. The van der Waals surface area contributed by atoms with Gasteiger partial charge in [-0.2, -0.15) is 0 Å². The molecule has 0 aliphatic heterocycles. The van der Waals surface area contributed by atoms with Crippen LogP contribution in [0.5, 0.6) is 11.5 Å². The van der Waals surface area contributed by atoms with Crippen LogP contribution in [0.3, 0.4) is 0 Å². The van der Waals surface area contributed by atoms with Crippen LogP contribution in [0.4, 0.5) is 0 Å². The molecule has 0 heterocycles. The molecule has 0 saturated carbocycles. The lowest BCUT2D eigenvalue weighted by atomic mass is 10.2. The van der Waals surface area contributed by atoms with Crippen molar-refractivity contribution in [2.75, 3.05) is 7.11 Å². The first-order chi connectivity index (χ1) is 16.0. The minimum atomic E-state index is -0.712. The molecule has 5 nitrogen and oxygen atoms in total. The Hall–Kier alpha value is -2.79. The van der Waals surface area contributed by atoms with E-state index in [2.05, 4.69) is 55.5 Å². The van der Waals surface area contributed by atoms with Gasteiger partial charge in [0.25, 0.3) is 0 Å². The van der Waals surface area contributed by atoms with Crippen molar-refractivity contribution in [1.82, 2.24) is 0 Å². The topological polar surface area (TPSA) is 92.8 Å². The Bertz CT molecular complexity index is 735. The van der Waals surface area contributed by atoms with Crippen molar-refractivity contribution in [1.29, 1.82) is 0 Å². The highest BCUT2D eigenvalue weighted by Gasteiger charge is 2.00. The second-order valence-electron chi connectivity index (χ2n) is 7.58. The van der Waals surface area contributed by atoms with Crippen molar-refractivity contribution < 1.29 is 19.7 Å². The smallest absolute Gasteiger partial charge is 0.303 e. The highest BCUT2D eigenvalue weighted by atomic mass is 16.5. The zero-order valence-corrected chi connectivity index (χ0v) is 20.4. The van der Waals surface area contributed by atoms with Crippen molar-refractivity contribution in [2.45, 2.75) is 77.7 Å². The molecule has 0 spiro atoms. The average Bonchev–Trinajstić information content (AvgIpc) is 2.81. The van der Waals surface area contributed by atoms with E-state index >= 15 is 0 Å². The van der Waals surface area contributed by atoms with Crippen LogP contribution in [0.25, 0.3) is 0 Å². The first-order valence-corrected chi connectivity index (χ1v) is 11.9. The molecule has 0 saturated heterocycles. The van der Waals surface area contributed by atoms with Crippen LogP contribution in [-0.4, -0.2) is 23.3 Å². The lowest BCUT2D eigenvalue weighted by Gasteiger charge is -2.03. The highest BCUT2D eigenvalue weighted by Crippen LogP contribution is 2.25. The summed E-state index contributed by atoms with van der Waals surface area (Å²) in [6, 6.07) is 5.05. The van der Waals surface area contributed by atoms with E-state index in [0.717, 1.165) is 37.7 Å². The van der Waals surface area contributed by atoms with Crippen LogP contribution in [0, 0.1) is 0 Å². The number of phenolic OH excluding ortho intramolecular Hbond substituents is 1. The summed E-state index contributed by atoms with van der Waals surface area (Å²) in [6.45, 7) is 2.69. The van der Waals surface area contributed by atoms with E-state index in [4.69, 9.17) is 20.7 Å². The predicted octanol–water partition coefficient (Wildman–Crippen LogP) is 7.08. The Balaban J connectivity index is 0.000000771. The number of ether oxygens (including phenoxy) is 1. The van der Waals surface area contributed by atoms with Crippen molar-refractivity contribution >= 4 is 5.97 Å². The van der Waals surface area contributed by atoms with E-state index in [1.807, 2.05) is 0 Å². The van der Waals surface area contributed by atoms with Gasteiger partial charge in [0.05, 0.1) is 7.11 Å². The molecule has 1 aromatic rings. The van der Waals surface area contributed by atoms with E-state index in [1.54, 1.807) is 18.2 Å². The molecule has 0 fully saturated rings. The Morgan fingerprint density at radius 2 is 1.45 bits per heavy atom. The number of methoxy groups -OCH3 is 1. The number of unbranched alkanes of at least 4 members (excludes halogenated alkanes) is 4. The quantitative estimate of drug-likeness (QED) is 0.182. The standard InChI is InChI=1S/C20H32O2.C8H11NO2/c1-2-3-4-5-6-7-8-9-10-11-12-13-14-15-16-17-18-19-20(21)22;1-11-8-4-6(5-9)2-3-7(8)10/h6-7,9-10,12-13,15-16H,2-5,8,11,14,17-19H2,1H3,(H,21,22);2-4,10H,5,9H2,1H3/b7-6-,10-9-,13-12-,16-15-;. The van der Waals surface area contributed by atoms with Gasteiger partial charge in [-0.25, -0.2) is 0 Å². The summed E-state index contributed by atoms with van der Waals surface area (Å²) in [6.07, 6.45) is 27.3. The zero-order chi connectivity index (χ0) is 24.6. The van der Waals surface area contributed by atoms with Gasteiger partial charge in [-0.1, -0.05) is 74.4 Å². The van der Waals surface area contributed by atoms with E-state index < -0.39 is 5.97 Å². The maximum Gasteiger partial charge on any atom is 0.303 e. The van der Waals surface area contributed by atoms with Crippen LogP contribution in [-0.2, 0) is 11.3 Å². The van der Waals surface area contributed by atoms with Crippen molar-refractivity contribution in [3.8, 4) is 11.5 Å². The Kier molecular flexibility index (Phi) is 20.5. The fourth-order valence-electron chi connectivity index (χ4n) is 2.78. The number of nitrogens with two attached hydrogens (primary N) is 1. The highest BCUT2D eigenvalue weighted by molar-refractivity contribution is 5.66. The van der Waals surface area contributed by atoms with E-state index in [1.165, 1.54) is 32.8 Å². The van der Waals surface area contributed by atoms with Crippen molar-refractivity contribution in [3.63, 3.8) is 0 Å². The van der Waals surface area contributed by atoms with Gasteiger partial charge in [-0.3, -0.25) is 4.79 Å². The summed E-state index contributed by atoms with van der Waals surface area (Å²) in [5.41, 5.74) is 6.33. The second-order valence-corrected chi connectivity index (χ2v) is 7.58. The molecule has 0 bridgehead atoms. The Labute approximate surface area is 200 Å². The molecule has 0 atom stereocenters. The molecule has 0 radical (unpaired) electrons. The fourth-order valence-corrected chi connectivity index (χ4v) is 2.78. The number of phenols is 1. The number of benzene rings is 1. The molecule has 0 aliphatic rings. The van der Waals surface area contributed by atoms with Gasteiger partial charge < -0.3 is 20.7 Å². The first-order valence-electron chi connectivity index (χ1n) is 11.9. The maximum atomic E-state index is 10.3. The van der Waals surface area contributed by atoms with Gasteiger partial charge in [0, 0.05) is 13.0 Å². The number of carboxylic acids is 1. The molecule has 0 amide bonds. The molecule has 1 rings (SSSR count). The Morgan fingerprint density at radius 3 is 1.94 bits per heavy atom. The van der Waals surface area contributed by atoms with Gasteiger partial charge in [0.2, 0.25) is 0 Å². The molecule has 1 aromatic carbocycles. The molecular formula is C28H43NO4. The molecule has 33 heavy (non-hydrogen) atoms. The lowest BCUT2D eigenvalue weighted by molar-refractivity contribution is -0.137. The minimum absolute atomic E-state index is 0.143. The van der Waals surface area contributed by atoms with Crippen LogP contribution >= 0.6 is 0 Å². The maximum absolute atomic E-state index is 10.3. The van der Waals surface area contributed by atoms with Crippen molar-refractivity contribution in [2.24, 2.45) is 5.73 Å². The van der Waals surface area contributed by atoms with Gasteiger partial charge in [-0.05, 0) is 62.6 Å². The number of allylic oxidation sites excluding steroid dienone is 8. The lowest BCUT2D eigenvalue weighted by Crippen LogP contribution is -1.96. The number of hydrogen-bond acceptors (Lipinski definition) is 4. The summed E-state index contributed by atoms with van der Waals surface area (Å²) < 4.78 is 4.88. The molecule has 4 N–H and O–H groups in total. The number of aromatic hydroxyl groups is 1. The predicted molar refractivity (Wildman–Crippen MR) is 139 cm³/mol. The summed E-state index contributed by atoms with van der Waals surface area (Å²) in [5.74, 6) is -0.103. The molecule has 184 valence electrons. The van der Waals surface area contributed by atoms with Crippen LogP contribution in [0.15, 0.2) is 66.8 Å². The van der Waals surface area contributed by atoms with E-state index in [-0.39, 0.29) is 12.2 Å². The second kappa shape index (κ2) is 22.4. The first kappa shape index (κ1) is 30.2.